The molecule has 0 aromatic heterocycles. The average Bonchev–Trinajstić information content (AvgIpc) is 2.13. The summed E-state index contributed by atoms with van der Waals surface area (Å²) in [7, 11) is 3.24. The number of hydrogen-bond donors (Lipinski definition) is 0. The molecule has 0 radical (unpaired) electrons. The number of hydrogen-bond acceptors (Lipinski definition) is 5. The topological polar surface area (TPSA) is 55.8 Å². The van der Waals surface area contributed by atoms with Gasteiger partial charge in [0, 0.05) is 5.57 Å². The number of ether oxygens (including phenoxy) is 2. The van der Waals surface area contributed by atoms with Crippen LogP contribution in [0.1, 0.15) is 13.8 Å². The highest BCUT2D eigenvalue weighted by molar-refractivity contribution is 5.89. The van der Waals surface area contributed by atoms with Gasteiger partial charge in [-0.1, -0.05) is 6.58 Å². The molecule has 5 nitrogen and oxygen atoms in total. The zero-order valence-electron chi connectivity index (χ0n) is 9.57. The van der Waals surface area contributed by atoms with Crippen molar-refractivity contribution in [2.75, 3.05) is 20.7 Å². The van der Waals surface area contributed by atoms with Gasteiger partial charge in [0.05, 0.1) is 6.61 Å². The molecule has 0 aliphatic heterocycles. The van der Waals surface area contributed by atoms with Crippen LogP contribution in [0, 0.1) is 0 Å². The summed E-state index contributed by atoms with van der Waals surface area (Å²) in [5, 5.41) is 0. The van der Waals surface area contributed by atoms with Crippen LogP contribution in [-0.2, 0) is 19.1 Å². The Kier molecular flexibility index (Phi) is 5.62. The minimum absolute atomic E-state index is 0.242. The van der Waals surface area contributed by atoms with E-state index < -0.39 is 18.2 Å². The molecule has 0 saturated carbocycles. The van der Waals surface area contributed by atoms with Crippen molar-refractivity contribution in [3.63, 3.8) is 0 Å². The molecule has 0 spiro atoms. The molecule has 1 atom stereocenters. The van der Waals surface area contributed by atoms with Crippen LogP contribution < -0.4 is 0 Å². The van der Waals surface area contributed by atoms with Crippen molar-refractivity contribution in [1.29, 1.82) is 0 Å². The standard InChI is InChI=1S/C10H17NO4/c1-6-14-10(13)8(11(4)5)15-9(12)7(2)3/h8H,2,6H2,1,3-5H3. The fourth-order valence-electron chi connectivity index (χ4n) is 0.780. The van der Waals surface area contributed by atoms with Crippen LogP contribution in [0.4, 0.5) is 0 Å². The number of esters is 2. The molecule has 5 heteroatoms. The minimum Gasteiger partial charge on any atom is -0.462 e. The van der Waals surface area contributed by atoms with Gasteiger partial charge in [-0.25, -0.2) is 9.59 Å². The quantitative estimate of drug-likeness (QED) is 0.381. The largest absolute Gasteiger partial charge is 0.462 e. The first kappa shape index (κ1) is 13.6. The second-order valence-electron chi connectivity index (χ2n) is 3.25. The summed E-state index contributed by atoms with van der Waals surface area (Å²) in [5.41, 5.74) is 0.242. The fourth-order valence-corrected chi connectivity index (χ4v) is 0.780. The summed E-state index contributed by atoms with van der Waals surface area (Å²) in [4.78, 5) is 24.0. The van der Waals surface area contributed by atoms with Crippen molar-refractivity contribution >= 4 is 11.9 Å². The van der Waals surface area contributed by atoms with Crippen molar-refractivity contribution < 1.29 is 19.1 Å². The molecular formula is C10H17NO4. The van der Waals surface area contributed by atoms with Crippen LogP contribution in [0.5, 0.6) is 0 Å². The van der Waals surface area contributed by atoms with Gasteiger partial charge in [0.1, 0.15) is 0 Å². The first-order valence-electron chi connectivity index (χ1n) is 4.59. The van der Waals surface area contributed by atoms with Gasteiger partial charge in [-0.2, -0.15) is 0 Å². The number of carbonyl (C=O) groups is 2. The Hall–Kier alpha value is -1.36. The number of rotatable bonds is 5. The molecule has 0 heterocycles. The molecule has 0 N–H and O–H groups in total. The predicted octanol–water partition coefficient (Wildman–Crippen LogP) is 0.556. The maximum atomic E-state index is 11.4. The zero-order valence-corrected chi connectivity index (χ0v) is 9.57. The lowest BCUT2D eigenvalue weighted by molar-refractivity contribution is -0.176. The lowest BCUT2D eigenvalue weighted by atomic mass is 10.3. The Labute approximate surface area is 89.6 Å². The molecule has 0 rings (SSSR count). The van der Waals surface area contributed by atoms with Gasteiger partial charge < -0.3 is 9.47 Å². The van der Waals surface area contributed by atoms with Crippen LogP contribution in [-0.4, -0.2) is 43.8 Å². The maximum Gasteiger partial charge on any atom is 0.363 e. The molecule has 15 heavy (non-hydrogen) atoms. The molecule has 86 valence electrons. The molecule has 0 amide bonds. The Morgan fingerprint density at radius 3 is 2.27 bits per heavy atom. The van der Waals surface area contributed by atoms with Crippen LogP contribution in [0.3, 0.4) is 0 Å². The molecule has 0 bridgehead atoms. The van der Waals surface area contributed by atoms with Gasteiger partial charge in [0.2, 0.25) is 0 Å². The highest BCUT2D eigenvalue weighted by atomic mass is 16.6. The van der Waals surface area contributed by atoms with E-state index in [9.17, 15) is 9.59 Å². The van der Waals surface area contributed by atoms with Gasteiger partial charge in [-0.05, 0) is 27.9 Å². The van der Waals surface area contributed by atoms with E-state index in [1.807, 2.05) is 0 Å². The molecule has 1 unspecified atom stereocenters. The van der Waals surface area contributed by atoms with Crippen molar-refractivity contribution in [3.8, 4) is 0 Å². The van der Waals surface area contributed by atoms with E-state index in [0.29, 0.717) is 0 Å². The Morgan fingerprint density at radius 1 is 1.40 bits per heavy atom. The maximum absolute atomic E-state index is 11.4. The van der Waals surface area contributed by atoms with E-state index in [2.05, 4.69) is 6.58 Å². The van der Waals surface area contributed by atoms with Gasteiger partial charge >= 0.3 is 11.9 Å². The van der Waals surface area contributed by atoms with Gasteiger partial charge in [-0.15, -0.1) is 0 Å². The third-order valence-electron chi connectivity index (χ3n) is 1.52. The summed E-state index contributed by atoms with van der Waals surface area (Å²) < 4.78 is 9.66. The third-order valence-corrected chi connectivity index (χ3v) is 1.52. The van der Waals surface area contributed by atoms with E-state index in [4.69, 9.17) is 9.47 Å². The van der Waals surface area contributed by atoms with E-state index in [-0.39, 0.29) is 12.2 Å². The Balaban J connectivity index is 4.47. The van der Waals surface area contributed by atoms with E-state index in [1.165, 1.54) is 11.8 Å². The van der Waals surface area contributed by atoms with E-state index in [1.54, 1.807) is 21.0 Å². The van der Waals surface area contributed by atoms with Crippen LogP contribution in [0.15, 0.2) is 12.2 Å². The van der Waals surface area contributed by atoms with Crippen LogP contribution in [0.25, 0.3) is 0 Å². The summed E-state index contributed by atoms with van der Waals surface area (Å²) in [6, 6.07) is 0. The number of carbonyl (C=O) groups excluding carboxylic acids is 2. The third kappa shape index (κ3) is 4.60. The predicted molar refractivity (Wildman–Crippen MR) is 55.0 cm³/mol. The van der Waals surface area contributed by atoms with E-state index in [0.717, 1.165) is 0 Å². The smallest absolute Gasteiger partial charge is 0.363 e. The Morgan fingerprint density at radius 2 is 1.93 bits per heavy atom. The van der Waals surface area contributed by atoms with Crippen LogP contribution >= 0.6 is 0 Å². The average molecular weight is 215 g/mol. The van der Waals surface area contributed by atoms with Crippen molar-refractivity contribution in [2.24, 2.45) is 0 Å². The highest BCUT2D eigenvalue weighted by Gasteiger charge is 2.26. The fraction of sp³-hybridized carbons (Fsp3) is 0.600. The molecular weight excluding hydrogens is 198 g/mol. The SMILES string of the molecule is C=C(C)C(=O)OC(C(=O)OCC)N(C)C. The monoisotopic (exact) mass is 215 g/mol. The van der Waals surface area contributed by atoms with Gasteiger partial charge in [0.15, 0.2) is 0 Å². The molecule has 0 saturated heterocycles. The van der Waals surface area contributed by atoms with Crippen LogP contribution in [0.2, 0.25) is 0 Å². The second-order valence-corrected chi connectivity index (χ2v) is 3.25. The number of nitrogens with zero attached hydrogens (tertiary/aromatic N) is 1. The molecule has 0 aliphatic carbocycles. The van der Waals surface area contributed by atoms with Crippen molar-refractivity contribution in [2.45, 2.75) is 20.1 Å². The zero-order chi connectivity index (χ0) is 12.0. The Bertz CT molecular complexity index is 260. The lowest BCUT2D eigenvalue weighted by Gasteiger charge is -2.22. The molecule has 0 aliphatic rings. The summed E-state index contributed by atoms with van der Waals surface area (Å²) in [5.74, 6) is -1.20. The molecule has 0 aromatic rings. The summed E-state index contributed by atoms with van der Waals surface area (Å²) >= 11 is 0. The normalized spacial score (nSPS) is 12.1. The van der Waals surface area contributed by atoms with Crippen molar-refractivity contribution in [1.82, 2.24) is 4.90 Å². The number of likely N-dealkylation sites (N-methyl/N-ethyl adjacent to an activating group) is 1. The van der Waals surface area contributed by atoms with Gasteiger partial charge in [-0.3, -0.25) is 4.90 Å². The van der Waals surface area contributed by atoms with E-state index >= 15 is 0 Å². The minimum atomic E-state index is -1.02. The molecule has 0 fully saturated rings. The summed E-state index contributed by atoms with van der Waals surface area (Å²) in [6.07, 6.45) is -1.02. The molecule has 0 aromatic carbocycles. The highest BCUT2D eigenvalue weighted by Crippen LogP contribution is 2.03. The van der Waals surface area contributed by atoms with Gasteiger partial charge in [0.25, 0.3) is 6.23 Å². The lowest BCUT2D eigenvalue weighted by Crippen LogP contribution is -2.41. The van der Waals surface area contributed by atoms with Crippen molar-refractivity contribution in [3.05, 3.63) is 12.2 Å². The first-order valence-corrected chi connectivity index (χ1v) is 4.59. The second kappa shape index (κ2) is 6.19. The first-order chi connectivity index (χ1) is 6.90. The summed E-state index contributed by atoms with van der Waals surface area (Å²) in [6.45, 7) is 6.87.